The SMILES string of the molecule is Cl.Cl.Cl.NCCCN1CCNCC1. The lowest BCUT2D eigenvalue weighted by Gasteiger charge is -2.26. The van der Waals surface area contributed by atoms with Crippen LogP contribution in [0.5, 0.6) is 0 Å². The molecule has 3 nitrogen and oxygen atoms in total. The molecule has 1 fully saturated rings. The minimum atomic E-state index is 0. The fourth-order valence-electron chi connectivity index (χ4n) is 1.25. The first-order chi connectivity index (χ1) is 4.93. The molecule has 1 aliphatic heterocycles. The Hall–Kier alpha value is 0.750. The van der Waals surface area contributed by atoms with Crippen molar-refractivity contribution in [2.45, 2.75) is 6.42 Å². The second kappa shape index (κ2) is 12.8. The molecule has 0 aromatic carbocycles. The number of hydrogen-bond acceptors (Lipinski definition) is 3. The Balaban J connectivity index is -0.000000333. The molecule has 0 spiro atoms. The van der Waals surface area contributed by atoms with Crippen LogP contribution in [0, 0.1) is 0 Å². The van der Waals surface area contributed by atoms with Gasteiger partial charge in [-0.05, 0) is 19.5 Å². The molecule has 1 rings (SSSR count). The molecule has 0 radical (unpaired) electrons. The van der Waals surface area contributed by atoms with E-state index in [2.05, 4.69) is 10.2 Å². The predicted octanol–water partition coefficient (Wildman–Crippen LogP) is 0.506. The average molecular weight is 253 g/mol. The Morgan fingerprint density at radius 3 is 2.08 bits per heavy atom. The van der Waals surface area contributed by atoms with Gasteiger partial charge in [0.2, 0.25) is 0 Å². The van der Waals surface area contributed by atoms with Crippen LogP contribution >= 0.6 is 37.2 Å². The molecular weight excluding hydrogens is 232 g/mol. The molecule has 84 valence electrons. The van der Waals surface area contributed by atoms with Gasteiger partial charge in [0.05, 0.1) is 0 Å². The van der Waals surface area contributed by atoms with Gasteiger partial charge in [0.15, 0.2) is 0 Å². The van der Waals surface area contributed by atoms with Crippen molar-refractivity contribution in [2.24, 2.45) is 5.73 Å². The largest absolute Gasteiger partial charge is 0.330 e. The monoisotopic (exact) mass is 251 g/mol. The molecular formula is C7H20Cl3N3. The number of halogens is 3. The third-order valence-corrected chi connectivity index (χ3v) is 1.89. The summed E-state index contributed by atoms with van der Waals surface area (Å²) in [7, 11) is 0. The number of hydrogen-bond donors (Lipinski definition) is 2. The summed E-state index contributed by atoms with van der Waals surface area (Å²) in [6.07, 6.45) is 1.14. The zero-order chi connectivity index (χ0) is 7.23. The van der Waals surface area contributed by atoms with E-state index in [9.17, 15) is 0 Å². The van der Waals surface area contributed by atoms with Gasteiger partial charge >= 0.3 is 0 Å². The molecule has 0 amide bonds. The lowest BCUT2D eigenvalue weighted by molar-refractivity contribution is 0.240. The third-order valence-electron chi connectivity index (χ3n) is 1.89. The van der Waals surface area contributed by atoms with Gasteiger partial charge in [0.1, 0.15) is 0 Å². The Kier molecular flexibility index (Phi) is 19.0. The number of piperazine rings is 1. The van der Waals surface area contributed by atoms with E-state index in [4.69, 9.17) is 5.73 Å². The van der Waals surface area contributed by atoms with E-state index in [1.165, 1.54) is 19.6 Å². The van der Waals surface area contributed by atoms with Crippen molar-refractivity contribution < 1.29 is 0 Å². The van der Waals surface area contributed by atoms with E-state index in [-0.39, 0.29) is 37.2 Å². The van der Waals surface area contributed by atoms with Gasteiger partial charge in [0, 0.05) is 26.2 Å². The molecule has 1 saturated heterocycles. The van der Waals surface area contributed by atoms with Crippen molar-refractivity contribution in [1.29, 1.82) is 0 Å². The Labute approximate surface area is 99.0 Å². The molecule has 1 aliphatic rings. The van der Waals surface area contributed by atoms with Crippen LogP contribution in [0.1, 0.15) is 6.42 Å². The number of nitrogens with one attached hydrogen (secondary N) is 1. The van der Waals surface area contributed by atoms with Crippen molar-refractivity contribution in [3.8, 4) is 0 Å². The molecule has 0 saturated carbocycles. The fourth-order valence-corrected chi connectivity index (χ4v) is 1.25. The smallest absolute Gasteiger partial charge is 0.0107 e. The van der Waals surface area contributed by atoms with E-state index < -0.39 is 0 Å². The topological polar surface area (TPSA) is 41.3 Å². The first kappa shape index (κ1) is 19.3. The fraction of sp³-hybridized carbons (Fsp3) is 1.00. The summed E-state index contributed by atoms with van der Waals surface area (Å²) in [4.78, 5) is 2.46. The van der Waals surface area contributed by atoms with Crippen LogP contribution in [0.15, 0.2) is 0 Å². The molecule has 13 heavy (non-hydrogen) atoms. The molecule has 0 bridgehead atoms. The maximum Gasteiger partial charge on any atom is 0.0107 e. The van der Waals surface area contributed by atoms with Crippen molar-refractivity contribution >= 4 is 37.2 Å². The number of nitrogens with two attached hydrogens (primary N) is 1. The normalized spacial score (nSPS) is 16.4. The summed E-state index contributed by atoms with van der Waals surface area (Å²) < 4.78 is 0. The number of nitrogens with zero attached hydrogens (tertiary/aromatic N) is 1. The predicted molar refractivity (Wildman–Crippen MR) is 64.7 cm³/mol. The van der Waals surface area contributed by atoms with Crippen molar-refractivity contribution in [3.05, 3.63) is 0 Å². The van der Waals surface area contributed by atoms with Crippen LogP contribution < -0.4 is 11.1 Å². The summed E-state index contributed by atoms with van der Waals surface area (Å²) >= 11 is 0. The Morgan fingerprint density at radius 2 is 1.62 bits per heavy atom. The molecule has 0 aromatic rings. The van der Waals surface area contributed by atoms with Gasteiger partial charge in [-0.1, -0.05) is 0 Å². The van der Waals surface area contributed by atoms with E-state index in [0.717, 1.165) is 26.1 Å². The van der Waals surface area contributed by atoms with Gasteiger partial charge in [0.25, 0.3) is 0 Å². The van der Waals surface area contributed by atoms with Crippen LogP contribution in [0.4, 0.5) is 0 Å². The summed E-state index contributed by atoms with van der Waals surface area (Å²) in [6.45, 7) is 6.68. The first-order valence-electron chi connectivity index (χ1n) is 4.06. The standard InChI is InChI=1S/C7H17N3.3ClH/c8-2-1-5-10-6-3-9-4-7-10;;;/h9H,1-8H2;3*1H. The second-order valence-electron chi connectivity index (χ2n) is 2.73. The summed E-state index contributed by atoms with van der Waals surface area (Å²) in [5.41, 5.74) is 5.40. The highest BCUT2D eigenvalue weighted by Crippen LogP contribution is 1.92. The lowest BCUT2D eigenvalue weighted by Crippen LogP contribution is -2.44. The maximum atomic E-state index is 5.40. The highest BCUT2D eigenvalue weighted by atomic mass is 35.5. The van der Waals surface area contributed by atoms with Crippen LogP contribution in [-0.4, -0.2) is 44.2 Å². The highest BCUT2D eigenvalue weighted by molar-refractivity contribution is 5.86. The molecule has 0 unspecified atom stereocenters. The zero-order valence-corrected chi connectivity index (χ0v) is 10.1. The highest BCUT2D eigenvalue weighted by Gasteiger charge is 2.06. The molecule has 0 aromatic heterocycles. The quantitative estimate of drug-likeness (QED) is 0.769. The first-order valence-corrected chi connectivity index (χ1v) is 4.06. The van der Waals surface area contributed by atoms with Crippen LogP contribution in [0.25, 0.3) is 0 Å². The number of rotatable bonds is 3. The summed E-state index contributed by atoms with van der Waals surface area (Å²) in [5, 5.41) is 3.32. The molecule has 3 N–H and O–H groups in total. The Morgan fingerprint density at radius 1 is 1.08 bits per heavy atom. The lowest BCUT2D eigenvalue weighted by atomic mass is 10.3. The van der Waals surface area contributed by atoms with Crippen molar-refractivity contribution in [1.82, 2.24) is 10.2 Å². The van der Waals surface area contributed by atoms with Crippen molar-refractivity contribution in [2.75, 3.05) is 39.3 Å². The molecule has 6 heteroatoms. The van der Waals surface area contributed by atoms with Crippen LogP contribution in [0.2, 0.25) is 0 Å². The summed E-state index contributed by atoms with van der Waals surface area (Å²) in [6, 6.07) is 0. The van der Waals surface area contributed by atoms with Gasteiger partial charge < -0.3 is 16.0 Å². The van der Waals surface area contributed by atoms with Gasteiger partial charge in [-0.25, -0.2) is 0 Å². The Bertz CT molecular complexity index is 89.1. The zero-order valence-electron chi connectivity index (χ0n) is 7.70. The minimum absolute atomic E-state index is 0. The van der Waals surface area contributed by atoms with Gasteiger partial charge in [-0.15, -0.1) is 37.2 Å². The minimum Gasteiger partial charge on any atom is -0.330 e. The molecule has 0 atom stereocenters. The third kappa shape index (κ3) is 9.06. The average Bonchev–Trinajstić information content (AvgIpc) is 2.03. The van der Waals surface area contributed by atoms with Gasteiger partial charge in [-0.3, -0.25) is 0 Å². The van der Waals surface area contributed by atoms with E-state index in [1.54, 1.807) is 0 Å². The second-order valence-corrected chi connectivity index (χ2v) is 2.73. The van der Waals surface area contributed by atoms with E-state index in [0.29, 0.717) is 0 Å². The maximum absolute atomic E-state index is 5.40. The van der Waals surface area contributed by atoms with Crippen molar-refractivity contribution in [3.63, 3.8) is 0 Å². The molecule has 1 heterocycles. The van der Waals surface area contributed by atoms with Crippen LogP contribution in [0.3, 0.4) is 0 Å². The van der Waals surface area contributed by atoms with Crippen LogP contribution in [-0.2, 0) is 0 Å². The van der Waals surface area contributed by atoms with E-state index in [1.807, 2.05) is 0 Å². The summed E-state index contributed by atoms with van der Waals surface area (Å²) in [5.74, 6) is 0. The van der Waals surface area contributed by atoms with Gasteiger partial charge in [-0.2, -0.15) is 0 Å². The molecule has 0 aliphatic carbocycles. The van der Waals surface area contributed by atoms with E-state index >= 15 is 0 Å².